The van der Waals surface area contributed by atoms with Crippen LogP contribution in [0.4, 0.5) is 0 Å². The fourth-order valence-electron chi connectivity index (χ4n) is 2.13. The Morgan fingerprint density at radius 1 is 1.56 bits per heavy atom. The Kier molecular flexibility index (Phi) is 2.67. The Hall–Kier alpha value is -1.43. The number of hydrogen-bond acceptors (Lipinski definition) is 4. The molecule has 1 aromatic heterocycles. The van der Waals surface area contributed by atoms with E-state index >= 15 is 0 Å². The van der Waals surface area contributed by atoms with Crippen molar-refractivity contribution in [2.24, 2.45) is 5.41 Å². The second-order valence-electron chi connectivity index (χ2n) is 5.11. The highest BCUT2D eigenvalue weighted by Crippen LogP contribution is 2.29. The zero-order valence-corrected chi connectivity index (χ0v) is 9.55. The third-order valence-electron chi connectivity index (χ3n) is 2.57. The van der Waals surface area contributed by atoms with Gasteiger partial charge in [0.05, 0.1) is 11.9 Å². The average molecular weight is 224 g/mol. The highest BCUT2D eigenvalue weighted by molar-refractivity contribution is 5.66. The average Bonchev–Trinajstić information content (AvgIpc) is 2.48. The fourth-order valence-corrected chi connectivity index (χ4v) is 2.13. The van der Waals surface area contributed by atoms with Gasteiger partial charge in [-0.1, -0.05) is 19.1 Å². The first-order valence-corrected chi connectivity index (χ1v) is 5.28. The zero-order valence-electron chi connectivity index (χ0n) is 9.55. The van der Waals surface area contributed by atoms with E-state index in [1.165, 1.54) is 4.68 Å². The number of rotatable bonds is 4. The van der Waals surface area contributed by atoms with Crippen LogP contribution in [0, 0.1) is 5.41 Å². The molecule has 0 bridgehead atoms. The number of likely N-dealkylation sites (tertiary alicyclic amines) is 1. The van der Waals surface area contributed by atoms with Gasteiger partial charge in [-0.25, -0.2) is 4.68 Å². The number of carboxylic acids is 1. The molecule has 0 spiro atoms. The van der Waals surface area contributed by atoms with Gasteiger partial charge in [-0.05, 0) is 5.41 Å². The van der Waals surface area contributed by atoms with E-state index in [1.54, 1.807) is 6.20 Å². The van der Waals surface area contributed by atoms with E-state index < -0.39 is 5.97 Å². The lowest BCUT2D eigenvalue weighted by Crippen LogP contribution is -2.52. The highest BCUT2D eigenvalue weighted by atomic mass is 16.4. The van der Waals surface area contributed by atoms with Crippen molar-refractivity contribution in [1.29, 1.82) is 0 Å². The van der Waals surface area contributed by atoms with Crippen LogP contribution in [0.25, 0.3) is 0 Å². The summed E-state index contributed by atoms with van der Waals surface area (Å²) in [5, 5.41) is 16.3. The van der Waals surface area contributed by atoms with Crippen LogP contribution < -0.4 is 0 Å². The maximum absolute atomic E-state index is 10.5. The largest absolute Gasteiger partial charge is 0.480 e. The maximum Gasteiger partial charge on any atom is 0.325 e. The van der Waals surface area contributed by atoms with E-state index in [-0.39, 0.29) is 6.54 Å². The van der Waals surface area contributed by atoms with Gasteiger partial charge >= 0.3 is 5.97 Å². The van der Waals surface area contributed by atoms with E-state index in [4.69, 9.17) is 5.11 Å². The molecule has 6 nitrogen and oxygen atoms in total. The lowest BCUT2D eigenvalue weighted by atomic mass is 9.84. The number of hydrogen-bond donors (Lipinski definition) is 1. The third-order valence-corrected chi connectivity index (χ3v) is 2.57. The molecule has 0 aliphatic carbocycles. The molecule has 0 atom stereocenters. The second kappa shape index (κ2) is 3.86. The van der Waals surface area contributed by atoms with Crippen LogP contribution in [0.1, 0.15) is 19.5 Å². The lowest BCUT2D eigenvalue weighted by molar-refractivity contribution is -0.137. The molecule has 0 amide bonds. The maximum atomic E-state index is 10.5. The quantitative estimate of drug-likeness (QED) is 0.791. The molecule has 1 aromatic rings. The second-order valence-corrected chi connectivity index (χ2v) is 5.11. The number of aliphatic carboxylic acids is 1. The molecule has 88 valence electrons. The first-order valence-electron chi connectivity index (χ1n) is 5.28. The Morgan fingerprint density at radius 3 is 2.81 bits per heavy atom. The first kappa shape index (κ1) is 11.1. The summed E-state index contributed by atoms with van der Waals surface area (Å²) in [6.07, 6.45) is 1.69. The summed E-state index contributed by atoms with van der Waals surface area (Å²) in [5.41, 5.74) is 1.23. The molecule has 6 heteroatoms. The minimum Gasteiger partial charge on any atom is -0.480 e. The zero-order chi connectivity index (χ0) is 11.8. The van der Waals surface area contributed by atoms with Crippen molar-refractivity contribution in [1.82, 2.24) is 19.9 Å². The van der Waals surface area contributed by atoms with Gasteiger partial charge in [-0.3, -0.25) is 9.69 Å². The SMILES string of the molecule is CC1(C)CN(Cc2cn(CC(=O)O)nn2)C1. The van der Waals surface area contributed by atoms with Gasteiger partial charge in [-0.15, -0.1) is 5.10 Å². The Bertz CT molecular complexity index is 391. The fraction of sp³-hybridized carbons (Fsp3) is 0.700. The summed E-state index contributed by atoms with van der Waals surface area (Å²) < 4.78 is 1.35. The predicted molar refractivity (Wildman–Crippen MR) is 56.7 cm³/mol. The van der Waals surface area contributed by atoms with E-state index in [9.17, 15) is 4.79 Å². The van der Waals surface area contributed by atoms with Crippen LogP contribution in [-0.4, -0.2) is 44.1 Å². The van der Waals surface area contributed by atoms with Gasteiger partial charge in [0, 0.05) is 19.6 Å². The highest BCUT2D eigenvalue weighted by Gasteiger charge is 2.34. The van der Waals surface area contributed by atoms with E-state index in [0.29, 0.717) is 5.41 Å². The molecule has 0 aromatic carbocycles. The van der Waals surface area contributed by atoms with Gasteiger partial charge in [0.25, 0.3) is 0 Å². The molecule has 1 aliphatic rings. The Balaban J connectivity index is 1.86. The first-order chi connectivity index (χ1) is 7.44. The molecular weight excluding hydrogens is 208 g/mol. The molecule has 0 radical (unpaired) electrons. The van der Waals surface area contributed by atoms with Crippen molar-refractivity contribution in [3.05, 3.63) is 11.9 Å². The molecular formula is C10H16N4O2. The molecule has 16 heavy (non-hydrogen) atoms. The molecule has 2 heterocycles. The van der Waals surface area contributed by atoms with Crippen molar-refractivity contribution in [2.75, 3.05) is 13.1 Å². The van der Waals surface area contributed by atoms with Crippen LogP contribution >= 0.6 is 0 Å². The molecule has 0 saturated carbocycles. The predicted octanol–water partition coefficient (Wildman–Crippen LogP) is 0.204. The van der Waals surface area contributed by atoms with E-state index in [1.807, 2.05) is 0 Å². The summed E-state index contributed by atoms with van der Waals surface area (Å²) in [4.78, 5) is 12.7. The molecule has 1 fully saturated rings. The monoisotopic (exact) mass is 224 g/mol. The van der Waals surface area contributed by atoms with Crippen molar-refractivity contribution in [3.8, 4) is 0 Å². The van der Waals surface area contributed by atoms with Crippen LogP contribution in [0.15, 0.2) is 6.20 Å². The molecule has 1 aliphatic heterocycles. The van der Waals surface area contributed by atoms with Gasteiger partial charge in [0.15, 0.2) is 0 Å². The normalized spacial score (nSPS) is 19.4. The smallest absolute Gasteiger partial charge is 0.325 e. The molecule has 1 saturated heterocycles. The Labute approximate surface area is 93.9 Å². The molecule has 1 N–H and O–H groups in total. The standard InChI is InChI=1S/C10H16N4O2/c1-10(2)6-13(7-10)3-8-4-14(12-11-8)5-9(15)16/h4H,3,5-7H2,1-2H3,(H,15,16). The minimum atomic E-state index is -0.901. The topological polar surface area (TPSA) is 71.2 Å². The van der Waals surface area contributed by atoms with Crippen molar-refractivity contribution < 1.29 is 9.90 Å². The summed E-state index contributed by atoms with van der Waals surface area (Å²) in [7, 11) is 0. The van der Waals surface area contributed by atoms with Gasteiger partial charge in [-0.2, -0.15) is 0 Å². The van der Waals surface area contributed by atoms with Crippen molar-refractivity contribution in [2.45, 2.75) is 26.9 Å². The molecule has 0 unspecified atom stereocenters. The number of carbonyl (C=O) groups is 1. The van der Waals surface area contributed by atoms with Crippen molar-refractivity contribution in [3.63, 3.8) is 0 Å². The number of carboxylic acid groups (broad SMARTS) is 1. The Morgan fingerprint density at radius 2 is 2.25 bits per heavy atom. The minimum absolute atomic E-state index is 0.126. The summed E-state index contributed by atoms with van der Waals surface area (Å²) in [6, 6.07) is 0. The summed E-state index contributed by atoms with van der Waals surface area (Å²) >= 11 is 0. The third kappa shape index (κ3) is 2.57. The lowest BCUT2D eigenvalue weighted by Gasteiger charge is -2.45. The van der Waals surface area contributed by atoms with Crippen LogP contribution in [0.5, 0.6) is 0 Å². The van der Waals surface area contributed by atoms with Crippen LogP contribution in [-0.2, 0) is 17.9 Å². The molecule has 2 rings (SSSR count). The summed E-state index contributed by atoms with van der Waals surface area (Å²) in [6.45, 7) is 7.19. The number of nitrogens with zero attached hydrogens (tertiary/aromatic N) is 4. The van der Waals surface area contributed by atoms with Gasteiger partial charge in [0.1, 0.15) is 6.54 Å². The number of aromatic nitrogens is 3. The van der Waals surface area contributed by atoms with Gasteiger partial charge < -0.3 is 5.11 Å². The van der Waals surface area contributed by atoms with Crippen LogP contribution in [0.2, 0.25) is 0 Å². The van der Waals surface area contributed by atoms with Crippen molar-refractivity contribution >= 4 is 5.97 Å². The van der Waals surface area contributed by atoms with E-state index in [0.717, 1.165) is 25.3 Å². The van der Waals surface area contributed by atoms with E-state index in [2.05, 4.69) is 29.1 Å². The van der Waals surface area contributed by atoms with Gasteiger partial charge in [0.2, 0.25) is 0 Å². The summed E-state index contributed by atoms with van der Waals surface area (Å²) in [5.74, 6) is -0.901. The van der Waals surface area contributed by atoms with Crippen LogP contribution in [0.3, 0.4) is 0 Å².